The summed E-state index contributed by atoms with van der Waals surface area (Å²) in [5, 5.41) is 8.84. The topological polar surface area (TPSA) is 23.5 Å². The van der Waals surface area contributed by atoms with Crippen LogP contribution in [0.3, 0.4) is 0 Å². The molecule has 18 heavy (non-hydrogen) atoms. The van der Waals surface area contributed by atoms with E-state index < -0.39 is 0 Å². The Morgan fingerprint density at radius 2 is 2.11 bits per heavy atom. The number of hydrogen-bond donors (Lipinski definition) is 1. The third-order valence-electron chi connectivity index (χ3n) is 3.59. The highest BCUT2D eigenvalue weighted by Crippen LogP contribution is 2.29. The summed E-state index contributed by atoms with van der Waals surface area (Å²) in [7, 11) is 0. The van der Waals surface area contributed by atoms with Gasteiger partial charge in [-0.25, -0.2) is 4.39 Å². The maximum Gasteiger partial charge on any atom is 0.123 e. The lowest BCUT2D eigenvalue weighted by molar-refractivity contribution is 0.228. The van der Waals surface area contributed by atoms with Gasteiger partial charge in [0, 0.05) is 19.2 Å². The van der Waals surface area contributed by atoms with E-state index in [1.165, 1.54) is 18.4 Å². The first kappa shape index (κ1) is 13.5. The molecule has 0 radical (unpaired) electrons. The fraction of sp³-hybridized carbons (Fsp3) is 0.600. The monoisotopic (exact) mass is 251 g/mol. The van der Waals surface area contributed by atoms with Crippen LogP contribution < -0.4 is 0 Å². The van der Waals surface area contributed by atoms with Crippen LogP contribution in [0.5, 0.6) is 0 Å². The van der Waals surface area contributed by atoms with E-state index in [2.05, 4.69) is 4.90 Å². The maximum atomic E-state index is 13.1. The van der Waals surface area contributed by atoms with Crippen LogP contribution in [0.15, 0.2) is 18.2 Å². The summed E-state index contributed by atoms with van der Waals surface area (Å²) < 4.78 is 13.1. The number of halogens is 1. The molecule has 1 aliphatic carbocycles. The third-order valence-corrected chi connectivity index (χ3v) is 3.59. The summed E-state index contributed by atoms with van der Waals surface area (Å²) in [5.74, 6) is -0.158. The minimum atomic E-state index is -0.158. The number of rotatable bonds is 7. The Balaban J connectivity index is 1.95. The molecule has 0 saturated heterocycles. The average molecular weight is 251 g/mol. The summed E-state index contributed by atoms with van der Waals surface area (Å²) in [6, 6.07) is 5.75. The molecule has 1 N–H and O–H groups in total. The fourth-order valence-corrected chi connectivity index (χ4v) is 2.31. The standard InChI is InChI=1S/C15H22FNO/c1-12-10-14(16)5-4-13(12)11-17(15-6-7-15)8-2-3-9-18/h4-5,10,15,18H,2-3,6-9,11H2,1H3. The van der Waals surface area contributed by atoms with Gasteiger partial charge in [0.15, 0.2) is 0 Å². The van der Waals surface area contributed by atoms with Crippen LogP contribution in [0.1, 0.15) is 36.8 Å². The molecular formula is C15H22FNO. The Hall–Kier alpha value is -0.930. The predicted molar refractivity (Wildman–Crippen MR) is 70.9 cm³/mol. The molecular weight excluding hydrogens is 229 g/mol. The number of hydrogen-bond acceptors (Lipinski definition) is 2. The van der Waals surface area contributed by atoms with Gasteiger partial charge in [0.2, 0.25) is 0 Å². The molecule has 100 valence electrons. The van der Waals surface area contributed by atoms with Crippen LogP contribution in [-0.4, -0.2) is 29.2 Å². The van der Waals surface area contributed by atoms with E-state index in [1.807, 2.05) is 13.0 Å². The van der Waals surface area contributed by atoms with Crippen molar-refractivity contribution in [1.82, 2.24) is 4.90 Å². The molecule has 1 aromatic carbocycles. The molecule has 0 heterocycles. The van der Waals surface area contributed by atoms with E-state index in [-0.39, 0.29) is 12.4 Å². The van der Waals surface area contributed by atoms with Gasteiger partial charge >= 0.3 is 0 Å². The normalized spacial score (nSPS) is 15.3. The summed E-state index contributed by atoms with van der Waals surface area (Å²) in [4.78, 5) is 2.47. The Labute approximate surface area is 108 Å². The summed E-state index contributed by atoms with van der Waals surface area (Å²) in [6.45, 7) is 4.18. The molecule has 1 aromatic rings. The molecule has 1 aliphatic rings. The van der Waals surface area contributed by atoms with Crippen LogP contribution in [0, 0.1) is 12.7 Å². The molecule has 0 bridgehead atoms. The van der Waals surface area contributed by atoms with Gasteiger partial charge in [0.05, 0.1) is 0 Å². The van der Waals surface area contributed by atoms with Crippen molar-refractivity contribution in [3.05, 3.63) is 35.1 Å². The van der Waals surface area contributed by atoms with Crippen LogP contribution in [0.2, 0.25) is 0 Å². The zero-order chi connectivity index (χ0) is 13.0. The highest BCUT2D eigenvalue weighted by Gasteiger charge is 2.28. The molecule has 0 aliphatic heterocycles. The predicted octanol–water partition coefficient (Wildman–Crippen LogP) is 2.87. The summed E-state index contributed by atoms with van der Waals surface area (Å²) in [5.41, 5.74) is 2.25. The fourth-order valence-electron chi connectivity index (χ4n) is 2.31. The summed E-state index contributed by atoms with van der Waals surface area (Å²) in [6.07, 6.45) is 4.46. The van der Waals surface area contributed by atoms with Gasteiger partial charge in [-0.1, -0.05) is 6.07 Å². The highest BCUT2D eigenvalue weighted by molar-refractivity contribution is 5.26. The largest absolute Gasteiger partial charge is 0.396 e. The van der Waals surface area contributed by atoms with Gasteiger partial charge in [-0.3, -0.25) is 4.90 Å². The number of aliphatic hydroxyl groups is 1. The number of nitrogens with zero attached hydrogens (tertiary/aromatic N) is 1. The first-order valence-corrected chi connectivity index (χ1v) is 6.80. The van der Waals surface area contributed by atoms with E-state index in [0.29, 0.717) is 6.04 Å². The van der Waals surface area contributed by atoms with E-state index in [1.54, 1.807) is 12.1 Å². The molecule has 1 fully saturated rings. The van der Waals surface area contributed by atoms with E-state index >= 15 is 0 Å². The SMILES string of the molecule is Cc1cc(F)ccc1CN(CCCCO)C1CC1. The van der Waals surface area contributed by atoms with Crippen LogP contribution >= 0.6 is 0 Å². The van der Waals surface area contributed by atoms with Gasteiger partial charge in [-0.15, -0.1) is 0 Å². The van der Waals surface area contributed by atoms with Crippen molar-refractivity contribution in [3.63, 3.8) is 0 Å². The molecule has 1 saturated carbocycles. The molecule has 0 amide bonds. The van der Waals surface area contributed by atoms with Gasteiger partial charge < -0.3 is 5.11 Å². The van der Waals surface area contributed by atoms with Crippen molar-refractivity contribution in [2.45, 2.75) is 45.2 Å². The molecule has 3 heteroatoms. The van der Waals surface area contributed by atoms with Crippen LogP contribution in [-0.2, 0) is 6.54 Å². The molecule has 0 unspecified atom stereocenters. The quantitative estimate of drug-likeness (QED) is 0.753. The zero-order valence-corrected chi connectivity index (χ0v) is 11.0. The lowest BCUT2D eigenvalue weighted by Gasteiger charge is -2.22. The van der Waals surface area contributed by atoms with E-state index in [0.717, 1.165) is 31.5 Å². The Kier molecular flexibility index (Phi) is 4.72. The minimum Gasteiger partial charge on any atom is -0.396 e. The molecule has 0 spiro atoms. The number of aliphatic hydroxyl groups excluding tert-OH is 1. The van der Waals surface area contributed by atoms with Crippen molar-refractivity contribution in [2.75, 3.05) is 13.2 Å². The van der Waals surface area contributed by atoms with Crippen molar-refractivity contribution in [3.8, 4) is 0 Å². The summed E-state index contributed by atoms with van der Waals surface area (Å²) >= 11 is 0. The van der Waals surface area contributed by atoms with Crippen LogP contribution in [0.4, 0.5) is 4.39 Å². The first-order chi connectivity index (χ1) is 8.70. The number of unbranched alkanes of at least 4 members (excludes halogenated alkanes) is 1. The van der Waals surface area contributed by atoms with E-state index in [9.17, 15) is 4.39 Å². The van der Waals surface area contributed by atoms with Gasteiger partial charge in [-0.2, -0.15) is 0 Å². The second-order valence-electron chi connectivity index (χ2n) is 5.20. The zero-order valence-electron chi connectivity index (χ0n) is 11.0. The van der Waals surface area contributed by atoms with Crippen molar-refractivity contribution < 1.29 is 9.50 Å². The van der Waals surface area contributed by atoms with Crippen molar-refractivity contribution >= 4 is 0 Å². The lowest BCUT2D eigenvalue weighted by atomic mass is 10.1. The molecule has 2 rings (SSSR count). The smallest absolute Gasteiger partial charge is 0.123 e. The lowest BCUT2D eigenvalue weighted by Crippen LogP contribution is -2.27. The second-order valence-corrected chi connectivity index (χ2v) is 5.20. The highest BCUT2D eigenvalue weighted by atomic mass is 19.1. The maximum absolute atomic E-state index is 13.1. The molecule has 2 nitrogen and oxygen atoms in total. The molecule has 0 aromatic heterocycles. The van der Waals surface area contributed by atoms with Crippen molar-refractivity contribution in [1.29, 1.82) is 0 Å². The third kappa shape index (κ3) is 3.79. The Bertz CT molecular complexity index is 390. The number of aryl methyl sites for hydroxylation is 1. The first-order valence-electron chi connectivity index (χ1n) is 6.80. The molecule has 0 atom stereocenters. The van der Waals surface area contributed by atoms with Gasteiger partial charge in [0.25, 0.3) is 0 Å². The Morgan fingerprint density at radius 3 is 2.72 bits per heavy atom. The average Bonchev–Trinajstić information content (AvgIpc) is 3.15. The Morgan fingerprint density at radius 1 is 1.33 bits per heavy atom. The van der Waals surface area contributed by atoms with Crippen LogP contribution in [0.25, 0.3) is 0 Å². The van der Waals surface area contributed by atoms with Gasteiger partial charge in [-0.05, 0) is 62.4 Å². The second kappa shape index (κ2) is 6.30. The van der Waals surface area contributed by atoms with Crippen molar-refractivity contribution in [2.24, 2.45) is 0 Å². The minimum absolute atomic E-state index is 0.158. The van der Waals surface area contributed by atoms with Gasteiger partial charge in [0.1, 0.15) is 5.82 Å². The number of benzene rings is 1. The van der Waals surface area contributed by atoms with E-state index in [4.69, 9.17) is 5.11 Å².